The fourth-order valence-corrected chi connectivity index (χ4v) is 1.71. The maximum absolute atomic E-state index is 11.5. The van der Waals surface area contributed by atoms with Crippen molar-refractivity contribution in [2.75, 3.05) is 0 Å². The molecule has 96 valence electrons. The molecular weight excluding hydrogens is 222 g/mol. The monoisotopic (exact) mass is 241 g/mol. The van der Waals surface area contributed by atoms with Crippen LogP contribution in [-0.4, -0.2) is 28.8 Å². The van der Waals surface area contributed by atoms with E-state index in [0.717, 1.165) is 0 Å². The second kappa shape index (κ2) is 5.21. The minimum atomic E-state index is -0.893. The van der Waals surface area contributed by atoms with Crippen molar-refractivity contribution in [1.82, 2.24) is 5.32 Å². The third kappa shape index (κ3) is 4.46. The number of carbonyl (C=O) groups is 2. The van der Waals surface area contributed by atoms with Crippen LogP contribution in [0.15, 0.2) is 12.2 Å². The molecule has 0 saturated heterocycles. The molecule has 0 aromatic rings. The third-order valence-corrected chi connectivity index (χ3v) is 2.45. The van der Waals surface area contributed by atoms with Gasteiger partial charge in [0.2, 0.25) is 0 Å². The van der Waals surface area contributed by atoms with E-state index in [1.165, 1.54) is 0 Å². The van der Waals surface area contributed by atoms with Gasteiger partial charge in [-0.3, -0.25) is 4.79 Å². The molecule has 0 aliphatic heterocycles. The van der Waals surface area contributed by atoms with E-state index in [0.29, 0.717) is 12.8 Å². The molecule has 2 atom stereocenters. The maximum Gasteiger partial charge on any atom is 0.407 e. The topological polar surface area (TPSA) is 75.6 Å². The number of aliphatic carboxylic acids is 1. The van der Waals surface area contributed by atoms with Gasteiger partial charge in [-0.15, -0.1) is 0 Å². The van der Waals surface area contributed by atoms with E-state index in [4.69, 9.17) is 9.84 Å². The zero-order chi connectivity index (χ0) is 13.1. The second-order valence-electron chi connectivity index (χ2n) is 5.14. The molecule has 0 radical (unpaired) electrons. The van der Waals surface area contributed by atoms with Crippen molar-refractivity contribution in [3.05, 3.63) is 12.2 Å². The lowest BCUT2D eigenvalue weighted by Gasteiger charge is -2.28. The predicted octanol–water partition coefficient (Wildman–Crippen LogP) is 1.93. The summed E-state index contributed by atoms with van der Waals surface area (Å²) in [4.78, 5) is 22.6. The number of carboxylic acid groups (broad SMARTS) is 1. The SMILES string of the molecule is CC(C)(C)OC(=O)N[C@@H]1CC=CC[C@H]1C(=O)O. The van der Waals surface area contributed by atoms with Crippen molar-refractivity contribution in [2.24, 2.45) is 5.92 Å². The Hall–Kier alpha value is -1.52. The van der Waals surface area contributed by atoms with Gasteiger partial charge >= 0.3 is 12.1 Å². The minimum absolute atomic E-state index is 0.396. The normalized spacial score (nSPS) is 24.2. The molecule has 0 spiro atoms. The van der Waals surface area contributed by atoms with Crippen molar-refractivity contribution < 1.29 is 19.4 Å². The average Bonchev–Trinajstić information content (AvgIpc) is 2.14. The van der Waals surface area contributed by atoms with Crippen molar-refractivity contribution in [3.8, 4) is 0 Å². The molecule has 17 heavy (non-hydrogen) atoms. The number of carbonyl (C=O) groups excluding carboxylic acids is 1. The standard InChI is InChI=1S/C12H19NO4/c1-12(2,3)17-11(16)13-9-7-5-4-6-8(9)10(14)15/h4-5,8-9H,6-7H2,1-3H3,(H,13,16)(H,14,15)/t8-,9-/m1/s1. The molecule has 5 nitrogen and oxygen atoms in total. The van der Waals surface area contributed by atoms with Crippen LogP contribution in [0.5, 0.6) is 0 Å². The second-order valence-corrected chi connectivity index (χ2v) is 5.14. The Morgan fingerprint density at radius 2 is 1.88 bits per heavy atom. The molecular formula is C12H19NO4. The van der Waals surface area contributed by atoms with E-state index < -0.39 is 29.6 Å². The van der Waals surface area contributed by atoms with Crippen LogP contribution in [0.3, 0.4) is 0 Å². The molecule has 0 heterocycles. The molecule has 2 N–H and O–H groups in total. The number of hydrogen-bond acceptors (Lipinski definition) is 3. The summed E-state index contributed by atoms with van der Waals surface area (Å²) in [7, 11) is 0. The first-order chi connectivity index (χ1) is 7.79. The van der Waals surface area contributed by atoms with Crippen LogP contribution in [0.2, 0.25) is 0 Å². The van der Waals surface area contributed by atoms with Crippen LogP contribution in [0.25, 0.3) is 0 Å². The first-order valence-electron chi connectivity index (χ1n) is 5.67. The molecule has 1 aliphatic rings. The Morgan fingerprint density at radius 3 is 2.41 bits per heavy atom. The number of nitrogens with one attached hydrogen (secondary N) is 1. The Balaban J connectivity index is 2.57. The number of rotatable bonds is 2. The highest BCUT2D eigenvalue weighted by atomic mass is 16.6. The zero-order valence-electron chi connectivity index (χ0n) is 10.4. The van der Waals surface area contributed by atoms with Gasteiger partial charge in [0.15, 0.2) is 0 Å². The van der Waals surface area contributed by atoms with Crippen LogP contribution in [0, 0.1) is 5.92 Å². The molecule has 0 saturated carbocycles. The van der Waals surface area contributed by atoms with Crippen LogP contribution in [0.4, 0.5) is 4.79 Å². The Kier molecular flexibility index (Phi) is 4.15. The average molecular weight is 241 g/mol. The van der Waals surface area contributed by atoms with E-state index in [-0.39, 0.29) is 0 Å². The van der Waals surface area contributed by atoms with Crippen LogP contribution < -0.4 is 5.32 Å². The summed E-state index contributed by atoms with van der Waals surface area (Å²) < 4.78 is 5.10. The van der Waals surface area contributed by atoms with Crippen molar-refractivity contribution >= 4 is 12.1 Å². The first kappa shape index (κ1) is 13.5. The number of ether oxygens (including phenoxy) is 1. The van der Waals surface area contributed by atoms with Gasteiger partial charge in [-0.1, -0.05) is 12.2 Å². The number of amides is 1. The maximum atomic E-state index is 11.5. The summed E-state index contributed by atoms with van der Waals surface area (Å²) in [5.41, 5.74) is -0.576. The largest absolute Gasteiger partial charge is 0.481 e. The molecule has 0 unspecified atom stereocenters. The Labute approximate surface area is 101 Å². The number of hydrogen-bond donors (Lipinski definition) is 2. The molecule has 1 aliphatic carbocycles. The molecule has 0 aromatic heterocycles. The molecule has 0 aromatic carbocycles. The van der Waals surface area contributed by atoms with Crippen molar-refractivity contribution in [2.45, 2.75) is 45.3 Å². The van der Waals surface area contributed by atoms with Crippen LogP contribution in [-0.2, 0) is 9.53 Å². The highest BCUT2D eigenvalue weighted by Crippen LogP contribution is 2.20. The van der Waals surface area contributed by atoms with Gasteiger partial charge in [-0.2, -0.15) is 0 Å². The van der Waals surface area contributed by atoms with Gasteiger partial charge in [-0.05, 0) is 33.6 Å². The van der Waals surface area contributed by atoms with Gasteiger partial charge in [0.1, 0.15) is 5.60 Å². The summed E-state index contributed by atoms with van der Waals surface area (Å²) in [5.74, 6) is -1.47. The molecule has 1 rings (SSSR count). The Morgan fingerprint density at radius 1 is 1.29 bits per heavy atom. The fourth-order valence-electron chi connectivity index (χ4n) is 1.71. The van der Waals surface area contributed by atoms with E-state index in [1.807, 2.05) is 12.2 Å². The molecule has 1 amide bonds. The summed E-state index contributed by atoms with van der Waals surface area (Å²) in [6, 6.07) is -0.396. The van der Waals surface area contributed by atoms with Gasteiger partial charge in [-0.25, -0.2) is 4.79 Å². The van der Waals surface area contributed by atoms with Crippen LogP contribution in [0.1, 0.15) is 33.6 Å². The summed E-state index contributed by atoms with van der Waals surface area (Å²) in [6.07, 6.45) is 4.10. The lowest BCUT2D eigenvalue weighted by atomic mass is 9.89. The molecule has 0 bridgehead atoms. The predicted molar refractivity (Wildman–Crippen MR) is 62.7 cm³/mol. The van der Waals surface area contributed by atoms with Gasteiger partial charge < -0.3 is 15.2 Å². The van der Waals surface area contributed by atoms with E-state index >= 15 is 0 Å². The smallest absolute Gasteiger partial charge is 0.407 e. The summed E-state index contributed by atoms with van der Waals surface area (Å²) in [6.45, 7) is 5.30. The van der Waals surface area contributed by atoms with Crippen molar-refractivity contribution in [3.63, 3.8) is 0 Å². The van der Waals surface area contributed by atoms with Gasteiger partial charge in [0, 0.05) is 6.04 Å². The van der Waals surface area contributed by atoms with E-state index in [1.54, 1.807) is 20.8 Å². The highest BCUT2D eigenvalue weighted by Gasteiger charge is 2.31. The summed E-state index contributed by atoms with van der Waals surface area (Å²) in [5, 5.41) is 11.6. The number of alkyl carbamates (subject to hydrolysis) is 1. The third-order valence-electron chi connectivity index (χ3n) is 2.45. The zero-order valence-corrected chi connectivity index (χ0v) is 10.4. The lowest BCUT2D eigenvalue weighted by molar-refractivity contribution is -0.142. The van der Waals surface area contributed by atoms with E-state index in [2.05, 4.69) is 5.32 Å². The minimum Gasteiger partial charge on any atom is -0.481 e. The van der Waals surface area contributed by atoms with Gasteiger partial charge in [0.05, 0.1) is 5.92 Å². The molecule has 5 heteroatoms. The van der Waals surface area contributed by atoms with Crippen LogP contribution >= 0.6 is 0 Å². The lowest BCUT2D eigenvalue weighted by Crippen LogP contribution is -2.45. The van der Waals surface area contributed by atoms with E-state index in [9.17, 15) is 9.59 Å². The first-order valence-corrected chi connectivity index (χ1v) is 5.67. The quantitative estimate of drug-likeness (QED) is 0.724. The Bertz CT molecular complexity index is 330. The van der Waals surface area contributed by atoms with Gasteiger partial charge in [0.25, 0.3) is 0 Å². The number of carboxylic acids is 1. The molecule has 0 fully saturated rings. The summed E-state index contributed by atoms with van der Waals surface area (Å²) >= 11 is 0. The number of allylic oxidation sites excluding steroid dienone is 1. The fraction of sp³-hybridized carbons (Fsp3) is 0.667. The van der Waals surface area contributed by atoms with Crippen molar-refractivity contribution in [1.29, 1.82) is 0 Å². The highest BCUT2D eigenvalue weighted by molar-refractivity contribution is 5.74.